The third-order valence-corrected chi connectivity index (χ3v) is 3.30. The highest BCUT2D eigenvalue weighted by Crippen LogP contribution is 2.35. The molecule has 0 bridgehead atoms. The molecular weight excluding hydrogens is 230 g/mol. The number of hydrogen-bond acceptors (Lipinski definition) is 4. The minimum absolute atomic E-state index is 0.200. The maximum Gasteiger partial charge on any atom is 0.211 e. The quantitative estimate of drug-likeness (QED) is 0.800. The van der Waals surface area contributed by atoms with Gasteiger partial charge in [0.05, 0.1) is 11.6 Å². The summed E-state index contributed by atoms with van der Waals surface area (Å²) in [6, 6.07) is 5.51. The average Bonchev–Trinajstić information content (AvgIpc) is 2.35. The van der Waals surface area contributed by atoms with E-state index < -0.39 is 0 Å². The van der Waals surface area contributed by atoms with E-state index in [0.717, 1.165) is 35.3 Å². The first-order chi connectivity index (χ1) is 8.76. The molecule has 1 aliphatic rings. The molecule has 0 spiro atoms. The highest BCUT2D eigenvalue weighted by atomic mass is 16.3. The van der Waals surface area contributed by atoms with Crippen molar-refractivity contribution in [3.63, 3.8) is 0 Å². The lowest BCUT2D eigenvalue weighted by molar-refractivity contribution is -0.105. The Hall–Kier alpha value is -2.01. The standard InChI is InChI=1S/C13H13N3O2/c17-7-15-10-1-2-12-9(3-10)6-14-13(16-12)8-4-11(18)5-8/h1-3,6-8,11,18H,4-5H2,(H,15,17). The van der Waals surface area contributed by atoms with Crippen molar-refractivity contribution in [3.05, 3.63) is 30.2 Å². The van der Waals surface area contributed by atoms with Crippen molar-refractivity contribution >= 4 is 23.0 Å². The maximum absolute atomic E-state index is 10.4. The van der Waals surface area contributed by atoms with E-state index in [0.29, 0.717) is 6.41 Å². The molecule has 0 unspecified atom stereocenters. The molecular formula is C13H13N3O2. The van der Waals surface area contributed by atoms with Crippen LogP contribution in [0.1, 0.15) is 24.6 Å². The largest absolute Gasteiger partial charge is 0.393 e. The van der Waals surface area contributed by atoms with Crippen molar-refractivity contribution in [3.8, 4) is 0 Å². The molecule has 0 radical (unpaired) electrons. The van der Waals surface area contributed by atoms with Gasteiger partial charge in [0.2, 0.25) is 6.41 Å². The molecule has 0 atom stereocenters. The second kappa shape index (κ2) is 4.34. The van der Waals surface area contributed by atoms with E-state index >= 15 is 0 Å². The molecule has 92 valence electrons. The number of nitrogens with zero attached hydrogens (tertiary/aromatic N) is 2. The van der Waals surface area contributed by atoms with Crippen molar-refractivity contribution in [2.45, 2.75) is 24.9 Å². The molecule has 2 aromatic rings. The number of nitrogens with one attached hydrogen (secondary N) is 1. The van der Waals surface area contributed by atoms with Crippen molar-refractivity contribution in [2.24, 2.45) is 0 Å². The van der Waals surface area contributed by atoms with E-state index in [1.807, 2.05) is 18.2 Å². The summed E-state index contributed by atoms with van der Waals surface area (Å²) < 4.78 is 0. The molecule has 5 heteroatoms. The Labute approximate surface area is 104 Å². The van der Waals surface area contributed by atoms with E-state index in [1.54, 1.807) is 6.20 Å². The van der Waals surface area contributed by atoms with Crippen LogP contribution in [0.5, 0.6) is 0 Å². The van der Waals surface area contributed by atoms with E-state index in [4.69, 9.17) is 0 Å². The molecule has 1 saturated carbocycles. The van der Waals surface area contributed by atoms with Crippen LogP contribution in [0.2, 0.25) is 0 Å². The van der Waals surface area contributed by atoms with Gasteiger partial charge in [-0.05, 0) is 31.0 Å². The molecule has 1 aromatic heterocycles. The molecule has 3 rings (SSSR count). The summed E-state index contributed by atoms with van der Waals surface area (Å²) >= 11 is 0. The van der Waals surface area contributed by atoms with Crippen molar-refractivity contribution in [1.82, 2.24) is 9.97 Å². The highest BCUT2D eigenvalue weighted by molar-refractivity contribution is 5.84. The van der Waals surface area contributed by atoms with Gasteiger partial charge in [-0.1, -0.05) is 0 Å². The number of carbonyl (C=O) groups is 1. The number of aliphatic hydroxyl groups is 1. The molecule has 0 saturated heterocycles. The third-order valence-electron chi connectivity index (χ3n) is 3.30. The fourth-order valence-electron chi connectivity index (χ4n) is 2.20. The number of anilines is 1. The summed E-state index contributed by atoms with van der Waals surface area (Å²) in [5, 5.41) is 12.8. The Bertz CT molecular complexity index is 594. The summed E-state index contributed by atoms with van der Waals surface area (Å²) in [7, 11) is 0. The van der Waals surface area contributed by atoms with Gasteiger partial charge in [-0.3, -0.25) is 4.79 Å². The summed E-state index contributed by atoms with van der Waals surface area (Å²) in [5.74, 6) is 1.07. The smallest absolute Gasteiger partial charge is 0.211 e. The van der Waals surface area contributed by atoms with Crippen molar-refractivity contribution < 1.29 is 9.90 Å². The number of amides is 1. The van der Waals surface area contributed by atoms with Crippen LogP contribution in [0.4, 0.5) is 5.69 Å². The Morgan fingerprint density at radius 1 is 1.39 bits per heavy atom. The molecule has 1 fully saturated rings. The summed E-state index contributed by atoms with van der Waals surface area (Å²) in [5.41, 5.74) is 1.59. The lowest BCUT2D eigenvalue weighted by Crippen LogP contribution is -2.27. The molecule has 5 nitrogen and oxygen atoms in total. The predicted octanol–water partition coefficient (Wildman–Crippen LogP) is 1.44. The van der Waals surface area contributed by atoms with Crippen LogP contribution in [0.3, 0.4) is 0 Å². The van der Waals surface area contributed by atoms with Crippen LogP contribution in [0.15, 0.2) is 24.4 Å². The first kappa shape index (κ1) is 11.1. The van der Waals surface area contributed by atoms with Gasteiger partial charge in [-0.2, -0.15) is 0 Å². The van der Waals surface area contributed by atoms with E-state index in [9.17, 15) is 9.90 Å². The molecule has 1 aliphatic carbocycles. The zero-order valence-electron chi connectivity index (χ0n) is 9.71. The van der Waals surface area contributed by atoms with Crippen molar-refractivity contribution in [1.29, 1.82) is 0 Å². The highest BCUT2D eigenvalue weighted by Gasteiger charge is 2.30. The predicted molar refractivity (Wildman–Crippen MR) is 67.2 cm³/mol. The van der Waals surface area contributed by atoms with Crippen LogP contribution in [-0.4, -0.2) is 27.6 Å². The fourth-order valence-corrected chi connectivity index (χ4v) is 2.20. The Morgan fingerprint density at radius 2 is 2.22 bits per heavy atom. The monoisotopic (exact) mass is 243 g/mol. The molecule has 18 heavy (non-hydrogen) atoms. The summed E-state index contributed by atoms with van der Waals surface area (Å²) in [4.78, 5) is 19.2. The van der Waals surface area contributed by atoms with Crippen LogP contribution in [0.25, 0.3) is 10.9 Å². The lowest BCUT2D eigenvalue weighted by atomic mass is 9.82. The fraction of sp³-hybridized carbons (Fsp3) is 0.308. The first-order valence-corrected chi connectivity index (χ1v) is 5.91. The van der Waals surface area contributed by atoms with Gasteiger partial charge in [0.25, 0.3) is 0 Å². The van der Waals surface area contributed by atoms with Crippen LogP contribution in [-0.2, 0) is 4.79 Å². The number of benzene rings is 1. The van der Waals surface area contributed by atoms with Gasteiger partial charge in [-0.25, -0.2) is 9.97 Å². The summed E-state index contributed by atoms with van der Waals surface area (Å²) in [6.07, 6.45) is 3.70. The maximum atomic E-state index is 10.4. The Morgan fingerprint density at radius 3 is 2.94 bits per heavy atom. The van der Waals surface area contributed by atoms with Gasteiger partial charge in [0.1, 0.15) is 5.82 Å². The SMILES string of the molecule is O=CNc1ccc2nc(C3CC(O)C3)ncc2c1. The van der Waals surface area contributed by atoms with Gasteiger partial charge in [0.15, 0.2) is 0 Å². The van der Waals surface area contributed by atoms with Crippen LogP contribution < -0.4 is 5.32 Å². The Balaban J connectivity index is 1.93. The third kappa shape index (κ3) is 1.93. The first-order valence-electron chi connectivity index (χ1n) is 5.91. The van der Waals surface area contributed by atoms with Crippen molar-refractivity contribution in [2.75, 3.05) is 5.32 Å². The van der Waals surface area contributed by atoms with Crippen LogP contribution in [0, 0.1) is 0 Å². The summed E-state index contributed by atoms with van der Waals surface area (Å²) in [6.45, 7) is 0. The number of aliphatic hydroxyl groups excluding tert-OH is 1. The van der Waals surface area contributed by atoms with Gasteiger partial charge in [0, 0.05) is 23.2 Å². The van der Waals surface area contributed by atoms with Gasteiger partial charge in [-0.15, -0.1) is 0 Å². The normalized spacial score (nSPS) is 22.5. The number of aromatic nitrogens is 2. The zero-order valence-corrected chi connectivity index (χ0v) is 9.71. The lowest BCUT2D eigenvalue weighted by Gasteiger charge is -2.29. The number of fused-ring (bicyclic) bond motifs is 1. The molecule has 0 aliphatic heterocycles. The topological polar surface area (TPSA) is 75.1 Å². The number of carbonyl (C=O) groups excluding carboxylic acids is 1. The Kier molecular flexibility index (Phi) is 2.68. The molecule has 1 heterocycles. The average molecular weight is 243 g/mol. The van der Waals surface area contributed by atoms with E-state index in [2.05, 4.69) is 15.3 Å². The minimum atomic E-state index is -0.200. The van der Waals surface area contributed by atoms with Gasteiger partial charge < -0.3 is 10.4 Å². The number of rotatable bonds is 3. The molecule has 2 N–H and O–H groups in total. The van der Waals surface area contributed by atoms with E-state index in [-0.39, 0.29) is 12.0 Å². The van der Waals surface area contributed by atoms with Gasteiger partial charge >= 0.3 is 0 Å². The van der Waals surface area contributed by atoms with Crippen LogP contribution >= 0.6 is 0 Å². The molecule has 1 aromatic carbocycles. The second-order valence-electron chi connectivity index (χ2n) is 4.59. The number of hydrogen-bond donors (Lipinski definition) is 2. The van der Waals surface area contributed by atoms with E-state index in [1.165, 1.54) is 0 Å². The molecule has 1 amide bonds. The minimum Gasteiger partial charge on any atom is -0.393 e. The second-order valence-corrected chi connectivity index (χ2v) is 4.59. The zero-order chi connectivity index (χ0) is 12.5.